The van der Waals surface area contributed by atoms with E-state index in [9.17, 15) is 24.3 Å². The molecule has 0 spiro atoms. The summed E-state index contributed by atoms with van der Waals surface area (Å²) >= 11 is 0. The first-order valence-corrected chi connectivity index (χ1v) is 15.0. The van der Waals surface area contributed by atoms with Gasteiger partial charge in [0.15, 0.2) is 0 Å². The lowest BCUT2D eigenvalue weighted by Gasteiger charge is -2.38. The second-order valence-corrected chi connectivity index (χ2v) is 11.7. The van der Waals surface area contributed by atoms with Gasteiger partial charge in [0.25, 0.3) is 11.5 Å². The lowest BCUT2D eigenvalue weighted by molar-refractivity contribution is -0.136. The van der Waals surface area contributed by atoms with Crippen molar-refractivity contribution >= 4 is 34.3 Å². The SMILES string of the molecule is C=CC(=O)N1CCCc2cc(C(=O)NCCCCC(=O)N3CCC(O)(Cn4cnc5cc(C)ccc5c4=O)CC3)ccc21. The molecule has 0 radical (unpaired) electrons. The van der Waals surface area contributed by atoms with E-state index in [4.69, 9.17) is 0 Å². The summed E-state index contributed by atoms with van der Waals surface area (Å²) in [7, 11) is 0. The number of benzene rings is 2. The number of fused-ring (bicyclic) bond motifs is 2. The molecule has 1 fully saturated rings. The average molecular weight is 586 g/mol. The minimum absolute atomic E-state index is 0.0293. The number of aromatic nitrogens is 2. The molecule has 2 aromatic carbocycles. The smallest absolute Gasteiger partial charge is 0.261 e. The molecule has 2 aliphatic heterocycles. The average Bonchev–Trinajstić information content (AvgIpc) is 3.01. The van der Waals surface area contributed by atoms with Gasteiger partial charge in [0.05, 0.1) is 29.4 Å². The predicted octanol–water partition coefficient (Wildman–Crippen LogP) is 3.12. The third-order valence-corrected chi connectivity index (χ3v) is 8.50. The highest BCUT2D eigenvalue weighted by atomic mass is 16.3. The van der Waals surface area contributed by atoms with Crippen molar-refractivity contribution in [2.75, 3.05) is 31.1 Å². The molecule has 5 rings (SSSR count). The highest BCUT2D eigenvalue weighted by Crippen LogP contribution is 2.28. The molecule has 0 aliphatic carbocycles. The molecule has 2 aliphatic rings. The summed E-state index contributed by atoms with van der Waals surface area (Å²) in [6.45, 7) is 7.61. The fourth-order valence-corrected chi connectivity index (χ4v) is 5.97. The Bertz CT molecular complexity index is 1600. The van der Waals surface area contributed by atoms with Gasteiger partial charge in [-0.05, 0) is 93.0 Å². The zero-order valence-electron chi connectivity index (χ0n) is 24.7. The number of rotatable bonds is 9. The standard InChI is InChI=1S/C33H39N5O5/c1-3-29(39)38-16-6-7-24-20-25(10-12-28(24)38)31(41)34-15-5-4-8-30(40)36-17-13-33(43,14-18-36)21-37-22-35-27-19-23(2)9-11-26(27)32(37)42/h3,9-12,19-20,22,43H,1,4-8,13-18,21H2,2H3,(H,34,41). The normalized spacial score (nSPS) is 16.0. The number of amides is 3. The number of aliphatic hydroxyl groups is 1. The first-order valence-electron chi connectivity index (χ1n) is 15.0. The molecule has 3 heterocycles. The number of aryl methyl sites for hydroxylation is 2. The van der Waals surface area contributed by atoms with E-state index in [0.29, 0.717) is 74.7 Å². The molecule has 1 aromatic heterocycles. The maximum absolute atomic E-state index is 12.9. The number of nitrogens with zero attached hydrogens (tertiary/aromatic N) is 4. The molecule has 226 valence electrons. The summed E-state index contributed by atoms with van der Waals surface area (Å²) in [5.41, 5.74) is 2.77. The van der Waals surface area contributed by atoms with Crippen LogP contribution in [0, 0.1) is 6.92 Å². The largest absolute Gasteiger partial charge is 0.388 e. The van der Waals surface area contributed by atoms with Gasteiger partial charge in [-0.2, -0.15) is 0 Å². The van der Waals surface area contributed by atoms with Crippen LogP contribution in [0.2, 0.25) is 0 Å². The van der Waals surface area contributed by atoms with Gasteiger partial charge in [-0.15, -0.1) is 0 Å². The fraction of sp³-hybridized carbons (Fsp3) is 0.424. The molecule has 3 amide bonds. The molecular weight excluding hydrogens is 546 g/mol. The second kappa shape index (κ2) is 12.9. The molecule has 10 heteroatoms. The summed E-state index contributed by atoms with van der Waals surface area (Å²) in [5, 5.41) is 14.6. The van der Waals surface area contributed by atoms with Gasteiger partial charge >= 0.3 is 0 Å². The van der Waals surface area contributed by atoms with E-state index in [1.54, 1.807) is 21.9 Å². The Labute approximate surface area is 251 Å². The van der Waals surface area contributed by atoms with Gasteiger partial charge in [0, 0.05) is 43.9 Å². The van der Waals surface area contributed by atoms with Gasteiger partial charge in [-0.25, -0.2) is 4.98 Å². The van der Waals surface area contributed by atoms with Crippen molar-refractivity contribution in [3.8, 4) is 0 Å². The number of anilines is 1. The highest BCUT2D eigenvalue weighted by molar-refractivity contribution is 6.02. The van der Waals surface area contributed by atoms with Crippen molar-refractivity contribution in [2.45, 2.75) is 64.0 Å². The zero-order chi connectivity index (χ0) is 30.6. The number of likely N-dealkylation sites (tertiary alicyclic amines) is 1. The Kier molecular flexibility index (Phi) is 9.05. The van der Waals surface area contributed by atoms with E-state index in [2.05, 4.69) is 16.9 Å². The van der Waals surface area contributed by atoms with E-state index >= 15 is 0 Å². The van der Waals surface area contributed by atoms with Crippen LogP contribution in [0.15, 0.2) is 60.2 Å². The summed E-state index contributed by atoms with van der Waals surface area (Å²) in [4.78, 5) is 58.4. The van der Waals surface area contributed by atoms with Crippen LogP contribution in [0.4, 0.5) is 5.69 Å². The van der Waals surface area contributed by atoms with Gasteiger partial charge in [-0.3, -0.25) is 23.7 Å². The summed E-state index contributed by atoms with van der Waals surface area (Å²) in [5.74, 6) is -0.285. The Morgan fingerprint density at radius 1 is 1.09 bits per heavy atom. The topological polar surface area (TPSA) is 125 Å². The van der Waals surface area contributed by atoms with Crippen molar-refractivity contribution in [1.29, 1.82) is 0 Å². The monoisotopic (exact) mass is 585 g/mol. The van der Waals surface area contributed by atoms with Crippen LogP contribution >= 0.6 is 0 Å². The minimum atomic E-state index is -1.08. The summed E-state index contributed by atoms with van der Waals surface area (Å²) < 4.78 is 1.46. The maximum atomic E-state index is 12.9. The van der Waals surface area contributed by atoms with Gasteiger partial charge in [0.1, 0.15) is 0 Å². The molecule has 3 aromatic rings. The van der Waals surface area contributed by atoms with Crippen LogP contribution in [-0.2, 0) is 22.6 Å². The third kappa shape index (κ3) is 6.85. The Morgan fingerprint density at radius 3 is 2.65 bits per heavy atom. The minimum Gasteiger partial charge on any atom is -0.388 e. The van der Waals surface area contributed by atoms with E-state index in [1.165, 1.54) is 17.0 Å². The van der Waals surface area contributed by atoms with Crippen molar-refractivity contribution < 1.29 is 19.5 Å². The lowest BCUT2D eigenvalue weighted by atomic mass is 9.91. The number of hydrogen-bond donors (Lipinski definition) is 2. The highest BCUT2D eigenvalue weighted by Gasteiger charge is 2.34. The van der Waals surface area contributed by atoms with E-state index in [0.717, 1.165) is 29.7 Å². The molecule has 43 heavy (non-hydrogen) atoms. The van der Waals surface area contributed by atoms with Crippen LogP contribution in [0.25, 0.3) is 10.9 Å². The Hall–Kier alpha value is -4.31. The van der Waals surface area contributed by atoms with Crippen molar-refractivity contribution in [1.82, 2.24) is 19.8 Å². The number of piperidine rings is 1. The molecule has 10 nitrogen and oxygen atoms in total. The molecule has 0 unspecified atom stereocenters. The van der Waals surface area contributed by atoms with Crippen LogP contribution in [0.1, 0.15) is 60.0 Å². The zero-order valence-corrected chi connectivity index (χ0v) is 24.7. The molecule has 2 N–H and O–H groups in total. The number of nitrogens with one attached hydrogen (secondary N) is 1. The molecular formula is C33H39N5O5. The maximum Gasteiger partial charge on any atom is 0.261 e. The van der Waals surface area contributed by atoms with Crippen molar-refractivity contribution in [3.63, 3.8) is 0 Å². The van der Waals surface area contributed by atoms with Crippen LogP contribution < -0.4 is 15.8 Å². The quantitative estimate of drug-likeness (QED) is 0.294. The van der Waals surface area contributed by atoms with E-state index < -0.39 is 5.60 Å². The summed E-state index contributed by atoms with van der Waals surface area (Å²) in [6.07, 6.45) is 6.88. The van der Waals surface area contributed by atoms with Crippen LogP contribution in [0.3, 0.4) is 0 Å². The fourth-order valence-electron chi connectivity index (χ4n) is 5.97. The first-order chi connectivity index (χ1) is 20.7. The van der Waals surface area contributed by atoms with E-state index in [1.807, 2.05) is 31.2 Å². The molecule has 1 saturated heterocycles. The van der Waals surface area contributed by atoms with E-state index in [-0.39, 0.29) is 29.8 Å². The van der Waals surface area contributed by atoms with Crippen molar-refractivity contribution in [3.05, 3.63) is 82.4 Å². The molecule has 0 atom stereocenters. The van der Waals surface area contributed by atoms with Crippen LogP contribution in [0.5, 0.6) is 0 Å². The number of unbranched alkanes of at least 4 members (excludes halogenated alkanes) is 1. The van der Waals surface area contributed by atoms with Crippen molar-refractivity contribution in [2.24, 2.45) is 0 Å². The second-order valence-electron chi connectivity index (χ2n) is 11.7. The molecule has 0 bridgehead atoms. The lowest BCUT2D eigenvalue weighted by Crippen LogP contribution is -2.49. The number of hydrogen-bond acceptors (Lipinski definition) is 6. The molecule has 0 saturated carbocycles. The van der Waals surface area contributed by atoms with Gasteiger partial charge in [0.2, 0.25) is 11.8 Å². The third-order valence-electron chi connectivity index (χ3n) is 8.50. The summed E-state index contributed by atoms with van der Waals surface area (Å²) in [6, 6.07) is 10.9. The Balaban J connectivity index is 1.04. The number of carbonyl (C=O) groups is 3. The predicted molar refractivity (Wildman–Crippen MR) is 165 cm³/mol. The van der Waals surface area contributed by atoms with Gasteiger partial charge < -0.3 is 20.2 Å². The Morgan fingerprint density at radius 2 is 1.88 bits per heavy atom. The first kappa shape index (κ1) is 30.2. The van der Waals surface area contributed by atoms with Gasteiger partial charge in [-0.1, -0.05) is 12.6 Å². The number of carbonyl (C=O) groups excluding carboxylic acids is 3. The van der Waals surface area contributed by atoms with Crippen LogP contribution in [-0.4, -0.2) is 69.1 Å².